The summed E-state index contributed by atoms with van der Waals surface area (Å²) in [6, 6.07) is 13.5. The minimum atomic E-state index is -1.21. The summed E-state index contributed by atoms with van der Waals surface area (Å²) in [4.78, 5) is 26.5. The second kappa shape index (κ2) is 18.4. The van der Waals surface area contributed by atoms with Gasteiger partial charge in [-0.15, -0.1) is 0 Å². The van der Waals surface area contributed by atoms with Gasteiger partial charge >= 0.3 is 0 Å². The molecule has 2 atom stereocenters. The number of likely N-dealkylation sites (N-methyl/N-ethyl adjacent to an activating group) is 2. The number of hydrogen-bond donors (Lipinski definition) is 1. The van der Waals surface area contributed by atoms with Crippen LogP contribution in [0.25, 0.3) is 0 Å². The molecule has 2 N–H and O–H groups in total. The van der Waals surface area contributed by atoms with Gasteiger partial charge in [0.05, 0.1) is 24.8 Å². The molecule has 1 unspecified atom stereocenters. The average molecular weight is 671 g/mol. The van der Waals surface area contributed by atoms with Crippen LogP contribution in [-0.4, -0.2) is 130 Å². The number of amides is 1. The molecule has 0 bridgehead atoms. The second-order valence-corrected chi connectivity index (χ2v) is 12.6. The number of hydrogen-bond acceptors (Lipinski definition) is 9. The maximum atomic E-state index is 15.2. The predicted octanol–water partition coefficient (Wildman–Crippen LogP) is 3.70. The van der Waals surface area contributed by atoms with E-state index in [2.05, 4.69) is 16.8 Å². The molecule has 0 spiro atoms. The fourth-order valence-corrected chi connectivity index (χ4v) is 5.65. The van der Waals surface area contributed by atoms with Crippen molar-refractivity contribution in [2.24, 2.45) is 10.7 Å². The Morgan fingerprint density at radius 3 is 2.42 bits per heavy atom. The van der Waals surface area contributed by atoms with Gasteiger partial charge in [0.25, 0.3) is 0 Å². The summed E-state index contributed by atoms with van der Waals surface area (Å²) in [5.74, 6) is -0.134. The van der Waals surface area contributed by atoms with Crippen molar-refractivity contribution < 1.29 is 27.8 Å². The number of allylic oxidation sites excluding steroid dienone is 1. The van der Waals surface area contributed by atoms with E-state index in [1.807, 2.05) is 63.2 Å². The Hall–Kier alpha value is -3.42. The number of benzene rings is 2. The summed E-state index contributed by atoms with van der Waals surface area (Å²) in [7, 11) is 6.18. The first-order valence-electron chi connectivity index (χ1n) is 16.8. The molecule has 0 aliphatic carbocycles. The number of amidine groups is 1. The Kier molecular flexibility index (Phi) is 14.3. The molecule has 2 aliphatic rings. The third kappa shape index (κ3) is 10.8. The number of alkyl halides is 1. The Balaban J connectivity index is 1.42. The van der Waals surface area contributed by atoms with E-state index >= 15 is 8.78 Å². The van der Waals surface area contributed by atoms with E-state index in [4.69, 9.17) is 24.9 Å². The van der Waals surface area contributed by atoms with Crippen molar-refractivity contribution in [1.29, 1.82) is 0 Å². The van der Waals surface area contributed by atoms with Crippen LogP contribution in [0.3, 0.4) is 0 Å². The van der Waals surface area contributed by atoms with Crippen LogP contribution in [-0.2, 0) is 27.3 Å². The maximum absolute atomic E-state index is 15.2. The molecule has 2 aromatic rings. The Morgan fingerprint density at radius 2 is 1.77 bits per heavy atom. The number of nitrogens with two attached hydrogens (primary N) is 1. The van der Waals surface area contributed by atoms with E-state index in [0.29, 0.717) is 61.8 Å². The van der Waals surface area contributed by atoms with E-state index < -0.39 is 30.2 Å². The molecule has 2 aromatic carbocycles. The minimum absolute atomic E-state index is 0.0231. The van der Waals surface area contributed by atoms with E-state index in [1.54, 1.807) is 18.2 Å². The van der Waals surface area contributed by atoms with Crippen molar-refractivity contribution in [3.63, 3.8) is 0 Å². The summed E-state index contributed by atoms with van der Waals surface area (Å²) < 4.78 is 47.5. The zero-order valence-electron chi connectivity index (χ0n) is 29.0. The molecular formula is C36H52F2N6O4. The van der Waals surface area contributed by atoms with Crippen molar-refractivity contribution >= 4 is 11.7 Å². The van der Waals surface area contributed by atoms with Gasteiger partial charge in [0.2, 0.25) is 5.91 Å². The lowest BCUT2D eigenvalue weighted by atomic mass is 10.0. The van der Waals surface area contributed by atoms with Gasteiger partial charge in [0, 0.05) is 57.9 Å². The lowest BCUT2D eigenvalue weighted by Crippen LogP contribution is -2.62. The number of carbonyl (C=O) groups is 1. The predicted molar refractivity (Wildman–Crippen MR) is 184 cm³/mol. The largest absolute Gasteiger partial charge is 0.489 e. The van der Waals surface area contributed by atoms with Crippen molar-refractivity contribution in [1.82, 2.24) is 19.6 Å². The van der Waals surface area contributed by atoms with Gasteiger partial charge in [-0.25, -0.2) is 13.8 Å². The molecule has 4 rings (SSSR count). The first-order valence-corrected chi connectivity index (χ1v) is 16.8. The minimum Gasteiger partial charge on any atom is -0.489 e. The smallest absolute Gasteiger partial charge is 0.240 e. The summed E-state index contributed by atoms with van der Waals surface area (Å²) in [5.41, 5.74) is 8.27. The standard InChI is InChI=1S/C36H52F2N6O4/c1-6-46-34(47-7-2)24-44(21-28-14-16-31(37)35(40-28)43-22-29(23-43)42(5)18-17-41(3)4)36(45)33(39)19-27-13-15-30(20-32(27)38)48-25-26-11-9-8-10-12-26/h8-15,20,29,31,33-34H,6-7,16-19,21-25,39H2,1-5H3/t31?,33-/m0/s1. The zero-order chi connectivity index (χ0) is 34.6. The molecule has 10 nitrogen and oxygen atoms in total. The van der Waals surface area contributed by atoms with E-state index in [1.165, 1.54) is 11.0 Å². The van der Waals surface area contributed by atoms with Crippen LogP contribution in [0.4, 0.5) is 8.78 Å². The van der Waals surface area contributed by atoms with Crippen molar-refractivity contribution in [2.75, 3.05) is 73.6 Å². The maximum Gasteiger partial charge on any atom is 0.240 e. The lowest BCUT2D eigenvalue weighted by molar-refractivity contribution is -0.158. The number of ether oxygens (including phenoxy) is 3. The highest BCUT2D eigenvalue weighted by Gasteiger charge is 2.36. The van der Waals surface area contributed by atoms with Crippen LogP contribution in [0.5, 0.6) is 5.75 Å². The van der Waals surface area contributed by atoms with E-state index in [0.717, 1.165) is 18.7 Å². The van der Waals surface area contributed by atoms with Gasteiger partial charge in [-0.1, -0.05) is 42.5 Å². The Bertz CT molecular complexity index is 1370. The van der Waals surface area contributed by atoms with Gasteiger partial charge < -0.3 is 34.6 Å². The number of carbonyl (C=O) groups excluding carboxylic acids is 1. The van der Waals surface area contributed by atoms with Gasteiger partial charge in [-0.2, -0.15) is 0 Å². The van der Waals surface area contributed by atoms with Crippen molar-refractivity contribution in [3.8, 4) is 5.75 Å². The molecule has 2 heterocycles. The quantitative estimate of drug-likeness (QED) is 0.240. The van der Waals surface area contributed by atoms with E-state index in [9.17, 15) is 4.79 Å². The first kappa shape index (κ1) is 37.4. The summed E-state index contributed by atoms with van der Waals surface area (Å²) in [6.07, 6.45) is -0.0285. The molecule has 0 aromatic heterocycles. The zero-order valence-corrected chi connectivity index (χ0v) is 29.0. The Morgan fingerprint density at radius 1 is 1.06 bits per heavy atom. The first-order chi connectivity index (χ1) is 23.1. The van der Waals surface area contributed by atoms with E-state index in [-0.39, 0.29) is 25.9 Å². The summed E-state index contributed by atoms with van der Waals surface area (Å²) >= 11 is 0. The van der Waals surface area contributed by atoms with Gasteiger partial charge in [-0.3, -0.25) is 9.69 Å². The molecule has 0 radical (unpaired) electrons. The van der Waals surface area contributed by atoms with Crippen LogP contribution in [0, 0.1) is 5.82 Å². The fourth-order valence-electron chi connectivity index (χ4n) is 5.65. The summed E-state index contributed by atoms with van der Waals surface area (Å²) in [5, 5.41) is 0. The topological polar surface area (TPSA) is 96.1 Å². The van der Waals surface area contributed by atoms with Gasteiger partial charge in [0.15, 0.2) is 12.5 Å². The SMILES string of the molecule is CCOC(CN(CC1=CCC(F)C(N2CC(N(C)CCN(C)C)C2)=N1)C(=O)[C@@H](N)Cc1ccc(OCc2ccccc2)cc1F)OCC. The molecule has 0 saturated carbocycles. The molecule has 48 heavy (non-hydrogen) atoms. The normalized spacial score (nSPS) is 17.4. The van der Waals surface area contributed by atoms with Crippen molar-refractivity contribution in [3.05, 3.63) is 77.2 Å². The molecule has 264 valence electrons. The third-order valence-corrected chi connectivity index (χ3v) is 8.58. The highest BCUT2D eigenvalue weighted by atomic mass is 19.1. The van der Waals surface area contributed by atoms with Gasteiger partial charge in [0.1, 0.15) is 24.0 Å². The number of rotatable bonds is 18. The van der Waals surface area contributed by atoms with Crippen LogP contribution in [0.1, 0.15) is 31.4 Å². The van der Waals surface area contributed by atoms with Gasteiger partial charge in [-0.05, 0) is 58.6 Å². The Labute approximate surface area is 284 Å². The third-order valence-electron chi connectivity index (χ3n) is 8.58. The highest BCUT2D eigenvalue weighted by Crippen LogP contribution is 2.24. The highest BCUT2D eigenvalue weighted by molar-refractivity contribution is 5.89. The molecule has 1 fully saturated rings. The molecular weight excluding hydrogens is 618 g/mol. The number of nitrogens with zero attached hydrogens (tertiary/aromatic N) is 5. The average Bonchev–Trinajstić information content (AvgIpc) is 3.04. The van der Waals surface area contributed by atoms with Crippen molar-refractivity contribution in [2.45, 2.75) is 57.8 Å². The fraction of sp³-hybridized carbons (Fsp3) is 0.556. The van der Waals surface area contributed by atoms with Crippen LogP contribution >= 0.6 is 0 Å². The number of halogens is 2. The molecule has 12 heteroatoms. The molecule has 1 amide bonds. The molecule has 2 aliphatic heterocycles. The summed E-state index contributed by atoms with van der Waals surface area (Å²) in [6.45, 7) is 8.22. The van der Waals surface area contributed by atoms with Crippen LogP contribution < -0.4 is 10.5 Å². The monoisotopic (exact) mass is 670 g/mol. The number of likely N-dealkylation sites (tertiary alicyclic amines) is 1. The molecule has 1 saturated heterocycles. The van der Waals surface area contributed by atoms with Crippen LogP contribution in [0.2, 0.25) is 0 Å². The van der Waals surface area contributed by atoms with Crippen LogP contribution in [0.15, 0.2) is 65.3 Å². The number of aliphatic imine (C=N–C) groups is 1. The lowest BCUT2D eigenvalue weighted by Gasteiger charge is -2.46. The second-order valence-electron chi connectivity index (χ2n) is 12.6.